The number of benzene rings is 1. The molecule has 1 amide bonds. The van der Waals surface area contributed by atoms with Gasteiger partial charge in [0.15, 0.2) is 11.5 Å². The summed E-state index contributed by atoms with van der Waals surface area (Å²) in [5.41, 5.74) is 0. The van der Waals surface area contributed by atoms with Crippen LogP contribution < -0.4 is 27.2 Å². The number of nitrogens with zero attached hydrogens (tertiary/aromatic N) is 1. The Morgan fingerprint density at radius 2 is 1.95 bits per heavy atom. The van der Waals surface area contributed by atoms with Gasteiger partial charge in [0.05, 0.1) is 0 Å². The Labute approximate surface area is 131 Å². The zero-order chi connectivity index (χ0) is 13.8. The van der Waals surface area contributed by atoms with E-state index in [9.17, 15) is 4.79 Å². The second kappa shape index (κ2) is 7.52. The van der Waals surface area contributed by atoms with E-state index in [4.69, 9.17) is 9.47 Å². The number of fused-ring (bicyclic) bond motifs is 1. The molecule has 116 valence electrons. The zero-order valence-corrected chi connectivity index (χ0v) is 12.6. The van der Waals surface area contributed by atoms with Crippen LogP contribution in [0, 0.1) is 0 Å². The van der Waals surface area contributed by atoms with Gasteiger partial charge in [0.1, 0.15) is 6.61 Å². The van der Waals surface area contributed by atoms with E-state index in [0.717, 1.165) is 19.6 Å². The predicted molar refractivity (Wildman–Crippen MR) is 75.0 cm³/mol. The first-order valence-corrected chi connectivity index (χ1v) is 7.21. The molecule has 5 nitrogen and oxygen atoms in total. The highest BCUT2D eigenvalue weighted by Crippen LogP contribution is 2.30. The van der Waals surface area contributed by atoms with Crippen molar-refractivity contribution in [3.05, 3.63) is 24.3 Å². The van der Waals surface area contributed by atoms with Crippen LogP contribution in [0.1, 0.15) is 12.8 Å². The van der Waals surface area contributed by atoms with Gasteiger partial charge in [0.2, 0.25) is 6.10 Å². The van der Waals surface area contributed by atoms with E-state index < -0.39 is 6.10 Å². The molecule has 2 heterocycles. The lowest BCUT2D eigenvalue weighted by Crippen LogP contribution is -3.00. The largest absolute Gasteiger partial charge is 1.00 e. The number of rotatable bonds is 4. The van der Waals surface area contributed by atoms with Crippen molar-refractivity contribution < 1.29 is 26.7 Å². The van der Waals surface area contributed by atoms with E-state index in [-0.39, 0.29) is 24.9 Å². The normalized spacial score (nSPS) is 20.7. The first-order valence-electron chi connectivity index (χ1n) is 7.21. The van der Waals surface area contributed by atoms with Gasteiger partial charge < -0.3 is 32.1 Å². The highest BCUT2D eigenvalue weighted by atomic mass is 35.5. The second-order valence-electron chi connectivity index (χ2n) is 5.20. The lowest BCUT2D eigenvalue weighted by Gasteiger charge is -2.25. The molecule has 0 bridgehead atoms. The standard InChI is InChI=1S/C15H20N2O3.ClH/c18-15(16-7-10-17-8-3-4-9-17)14-11-19-12-5-1-2-6-13(12)20-14;/h1-2,5-6,14H,3-4,7-11H2,(H,16,18);1H/p-1. The van der Waals surface area contributed by atoms with Crippen molar-refractivity contribution in [2.75, 3.05) is 32.8 Å². The molecule has 0 aliphatic carbocycles. The van der Waals surface area contributed by atoms with E-state index in [1.54, 1.807) is 0 Å². The lowest BCUT2D eigenvalue weighted by atomic mass is 10.2. The van der Waals surface area contributed by atoms with Gasteiger partial charge in [-0.1, -0.05) is 12.1 Å². The van der Waals surface area contributed by atoms with E-state index in [0.29, 0.717) is 18.0 Å². The third-order valence-corrected chi connectivity index (χ3v) is 3.73. The van der Waals surface area contributed by atoms with Gasteiger partial charge in [-0.2, -0.15) is 0 Å². The molecule has 21 heavy (non-hydrogen) atoms. The Kier molecular flexibility index (Phi) is 5.70. The predicted octanol–water partition coefficient (Wildman–Crippen LogP) is -1.96. The maximum atomic E-state index is 12.0. The number of hydrogen-bond donors (Lipinski definition) is 1. The van der Waals surface area contributed by atoms with Crippen molar-refractivity contribution in [2.24, 2.45) is 0 Å². The van der Waals surface area contributed by atoms with Crippen LogP contribution in [0.15, 0.2) is 24.3 Å². The minimum Gasteiger partial charge on any atom is -1.00 e. The van der Waals surface area contributed by atoms with Crippen molar-refractivity contribution in [3.8, 4) is 11.5 Å². The van der Waals surface area contributed by atoms with Crippen LogP contribution in [0.5, 0.6) is 11.5 Å². The Morgan fingerprint density at radius 1 is 1.24 bits per heavy atom. The number of halogens is 1. The fraction of sp³-hybridized carbons (Fsp3) is 0.533. The summed E-state index contributed by atoms with van der Waals surface area (Å²) in [5.74, 6) is 1.24. The maximum Gasteiger partial charge on any atom is 0.264 e. The van der Waals surface area contributed by atoms with Crippen LogP contribution in [0.3, 0.4) is 0 Å². The van der Waals surface area contributed by atoms with Gasteiger partial charge in [-0.3, -0.25) is 4.79 Å². The number of likely N-dealkylation sites (tertiary alicyclic amines) is 1. The molecule has 1 saturated heterocycles. The summed E-state index contributed by atoms with van der Waals surface area (Å²) in [6.45, 7) is 4.14. The van der Waals surface area contributed by atoms with Crippen molar-refractivity contribution in [3.63, 3.8) is 0 Å². The summed E-state index contributed by atoms with van der Waals surface area (Å²) >= 11 is 0. The molecular formula is C15H20ClN2O3-. The minimum absolute atomic E-state index is 0. The SMILES string of the molecule is O=C(NCCN1CCCC1)C1COc2ccccc2O1.[Cl-]. The molecule has 0 aromatic heterocycles. The molecule has 0 spiro atoms. The summed E-state index contributed by atoms with van der Waals surface area (Å²) in [6.07, 6.45) is 1.98. The number of para-hydroxylation sites is 2. The summed E-state index contributed by atoms with van der Waals surface area (Å²) in [4.78, 5) is 14.4. The third-order valence-electron chi connectivity index (χ3n) is 3.73. The number of carbonyl (C=O) groups excluding carboxylic acids is 1. The molecule has 1 fully saturated rings. The van der Waals surface area contributed by atoms with Crippen LogP contribution in [0.4, 0.5) is 0 Å². The Hall–Kier alpha value is -1.46. The number of carbonyl (C=O) groups is 1. The van der Waals surface area contributed by atoms with Gasteiger partial charge in [0.25, 0.3) is 5.91 Å². The van der Waals surface area contributed by atoms with Crippen molar-refractivity contribution in [1.29, 1.82) is 0 Å². The molecule has 0 saturated carbocycles. The molecule has 1 N–H and O–H groups in total. The maximum absolute atomic E-state index is 12.0. The fourth-order valence-electron chi connectivity index (χ4n) is 2.61. The molecule has 2 aliphatic rings. The first-order chi connectivity index (χ1) is 9.83. The van der Waals surface area contributed by atoms with Crippen LogP contribution in [0.25, 0.3) is 0 Å². The monoisotopic (exact) mass is 311 g/mol. The van der Waals surface area contributed by atoms with Crippen LogP contribution in [0.2, 0.25) is 0 Å². The quantitative estimate of drug-likeness (QED) is 0.702. The Balaban J connectivity index is 0.00000161. The molecule has 1 atom stereocenters. The summed E-state index contributed by atoms with van der Waals surface area (Å²) in [7, 11) is 0. The van der Waals surface area contributed by atoms with Crippen molar-refractivity contribution in [2.45, 2.75) is 18.9 Å². The van der Waals surface area contributed by atoms with E-state index >= 15 is 0 Å². The van der Waals surface area contributed by atoms with Crippen LogP contribution >= 0.6 is 0 Å². The third kappa shape index (κ3) is 4.02. The second-order valence-corrected chi connectivity index (χ2v) is 5.20. The van der Waals surface area contributed by atoms with Gasteiger partial charge in [-0.05, 0) is 38.1 Å². The van der Waals surface area contributed by atoms with Gasteiger partial charge in [0, 0.05) is 13.1 Å². The number of hydrogen-bond acceptors (Lipinski definition) is 4. The minimum atomic E-state index is -0.552. The highest BCUT2D eigenvalue weighted by Gasteiger charge is 2.27. The van der Waals surface area contributed by atoms with E-state index in [1.807, 2.05) is 24.3 Å². The highest BCUT2D eigenvalue weighted by molar-refractivity contribution is 5.81. The molecule has 6 heteroatoms. The fourth-order valence-corrected chi connectivity index (χ4v) is 2.61. The molecule has 1 aromatic carbocycles. The van der Waals surface area contributed by atoms with Gasteiger partial charge in [-0.25, -0.2) is 0 Å². The summed E-state index contributed by atoms with van der Waals surface area (Å²) in [5, 5.41) is 2.92. The van der Waals surface area contributed by atoms with Crippen LogP contribution in [-0.2, 0) is 4.79 Å². The van der Waals surface area contributed by atoms with Gasteiger partial charge >= 0.3 is 0 Å². The smallest absolute Gasteiger partial charge is 0.264 e. The molecule has 3 rings (SSSR count). The number of nitrogens with one attached hydrogen (secondary N) is 1. The summed E-state index contributed by atoms with van der Waals surface area (Å²) in [6, 6.07) is 7.42. The lowest BCUT2D eigenvalue weighted by molar-refractivity contribution is -0.130. The Bertz CT molecular complexity index is 478. The summed E-state index contributed by atoms with van der Waals surface area (Å²) < 4.78 is 11.2. The van der Waals surface area contributed by atoms with Gasteiger partial charge in [-0.15, -0.1) is 0 Å². The topological polar surface area (TPSA) is 50.8 Å². The molecule has 1 unspecified atom stereocenters. The molecule has 2 aliphatic heterocycles. The van der Waals surface area contributed by atoms with Crippen molar-refractivity contribution in [1.82, 2.24) is 10.2 Å². The molecular weight excluding hydrogens is 292 g/mol. The van der Waals surface area contributed by atoms with Crippen molar-refractivity contribution >= 4 is 5.91 Å². The zero-order valence-electron chi connectivity index (χ0n) is 11.9. The molecule has 1 aromatic rings. The average Bonchev–Trinajstić information content (AvgIpc) is 3.00. The first kappa shape index (κ1) is 15.9. The molecule has 0 radical (unpaired) electrons. The Morgan fingerprint density at radius 3 is 2.71 bits per heavy atom. The van der Waals surface area contributed by atoms with E-state index in [2.05, 4.69) is 10.2 Å². The number of amides is 1. The van der Waals surface area contributed by atoms with E-state index in [1.165, 1.54) is 12.8 Å². The van der Waals surface area contributed by atoms with Crippen LogP contribution in [-0.4, -0.2) is 49.7 Å². The number of ether oxygens (including phenoxy) is 2. The average molecular weight is 312 g/mol.